The summed E-state index contributed by atoms with van der Waals surface area (Å²) in [6.07, 6.45) is 1.62. The van der Waals surface area contributed by atoms with Crippen molar-refractivity contribution in [3.63, 3.8) is 0 Å². The fourth-order valence-electron chi connectivity index (χ4n) is 2.55. The van der Waals surface area contributed by atoms with Gasteiger partial charge in [-0.1, -0.05) is 35.9 Å². The van der Waals surface area contributed by atoms with E-state index in [9.17, 15) is 4.79 Å². The van der Waals surface area contributed by atoms with Crippen molar-refractivity contribution < 1.29 is 9.53 Å². The van der Waals surface area contributed by atoms with Gasteiger partial charge in [-0.05, 0) is 42.8 Å². The van der Waals surface area contributed by atoms with Gasteiger partial charge in [-0.25, -0.2) is 4.98 Å². The molecule has 0 atom stereocenters. The highest BCUT2D eigenvalue weighted by atomic mass is 35.5. The minimum Gasteiger partial charge on any atom is -0.496 e. The van der Waals surface area contributed by atoms with E-state index in [1.54, 1.807) is 25.4 Å². The van der Waals surface area contributed by atoms with Gasteiger partial charge in [0.1, 0.15) is 11.4 Å². The van der Waals surface area contributed by atoms with Crippen LogP contribution in [0.15, 0.2) is 60.8 Å². The molecule has 0 saturated heterocycles. The Morgan fingerprint density at radius 3 is 2.59 bits per heavy atom. The van der Waals surface area contributed by atoms with Crippen LogP contribution in [0, 0.1) is 6.92 Å². The molecule has 0 aliphatic heterocycles. The number of carbonyl (C=O) groups is 1. The predicted octanol–water partition coefficient (Wildman–Crippen LogP) is 4.73. The molecular weight excluding hydrogens is 362 g/mol. The number of amides is 1. The lowest BCUT2D eigenvalue weighted by molar-refractivity contribution is 0.0945. The number of rotatable bonds is 6. The Morgan fingerprint density at radius 1 is 1.11 bits per heavy atom. The van der Waals surface area contributed by atoms with Crippen LogP contribution < -0.4 is 15.4 Å². The molecule has 0 saturated carbocycles. The normalized spacial score (nSPS) is 10.3. The number of carbonyl (C=O) groups excluding carboxylic acids is 1. The number of nitrogens with zero attached hydrogens (tertiary/aromatic N) is 1. The first-order chi connectivity index (χ1) is 13.1. The maximum absolute atomic E-state index is 12.3. The number of aryl methyl sites for hydroxylation is 1. The van der Waals surface area contributed by atoms with E-state index in [1.807, 2.05) is 49.4 Å². The van der Waals surface area contributed by atoms with E-state index in [1.165, 1.54) is 0 Å². The van der Waals surface area contributed by atoms with Crippen molar-refractivity contribution >= 4 is 28.9 Å². The number of ether oxygens (including phenoxy) is 1. The van der Waals surface area contributed by atoms with Gasteiger partial charge in [-0.3, -0.25) is 4.79 Å². The van der Waals surface area contributed by atoms with E-state index in [2.05, 4.69) is 15.6 Å². The van der Waals surface area contributed by atoms with E-state index < -0.39 is 0 Å². The largest absolute Gasteiger partial charge is 0.496 e. The molecule has 0 spiro atoms. The van der Waals surface area contributed by atoms with Crippen LogP contribution in [0.4, 0.5) is 11.4 Å². The third-order valence-corrected chi connectivity index (χ3v) is 4.50. The fourth-order valence-corrected chi connectivity index (χ4v) is 2.74. The van der Waals surface area contributed by atoms with Crippen molar-refractivity contribution in [3.8, 4) is 5.75 Å². The first-order valence-electron chi connectivity index (χ1n) is 8.46. The van der Waals surface area contributed by atoms with Crippen LogP contribution in [0.5, 0.6) is 5.75 Å². The zero-order valence-electron chi connectivity index (χ0n) is 15.1. The van der Waals surface area contributed by atoms with E-state index in [0.717, 1.165) is 28.3 Å². The average Bonchev–Trinajstić information content (AvgIpc) is 2.69. The van der Waals surface area contributed by atoms with Crippen molar-refractivity contribution in [3.05, 3.63) is 82.6 Å². The van der Waals surface area contributed by atoms with Gasteiger partial charge in [0, 0.05) is 22.8 Å². The minimum absolute atomic E-state index is 0.245. The van der Waals surface area contributed by atoms with Crippen LogP contribution in [0.2, 0.25) is 5.02 Å². The van der Waals surface area contributed by atoms with Crippen LogP contribution in [-0.4, -0.2) is 18.0 Å². The SMILES string of the molecule is COc1ccccc1CNC(=O)c1ccc(Nc2ccc(C)c(Cl)c2)cn1. The number of benzene rings is 2. The summed E-state index contributed by atoms with van der Waals surface area (Å²) < 4.78 is 5.29. The molecule has 6 heteroatoms. The molecule has 0 bridgehead atoms. The number of nitrogens with one attached hydrogen (secondary N) is 2. The molecule has 1 aromatic heterocycles. The molecule has 27 heavy (non-hydrogen) atoms. The Labute approximate surface area is 163 Å². The van der Waals surface area contributed by atoms with Crippen LogP contribution >= 0.6 is 11.6 Å². The van der Waals surface area contributed by atoms with Gasteiger partial charge in [0.25, 0.3) is 5.91 Å². The third kappa shape index (κ3) is 4.77. The molecule has 3 aromatic rings. The highest BCUT2D eigenvalue weighted by Crippen LogP contribution is 2.23. The second-order valence-electron chi connectivity index (χ2n) is 6.02. The summed E-state index contributed by atoms with van der Waals surface area (Å²) in [7, 11) is 1.61. The number of anilines is 2. The minimum atomic E-state index is -0.245. The standard InChI is InChI=1S/C21H20ClN3O2/c1-14-7-8-16(11-18(14)22)25-17-9-10-19(23-13-17)21(26)24-12-15-5-3-4-6-20(15)27-2/h3-11,13,25H,12H2,1-2H3,(H,24,26). The molecule has 0 aliphatic carbocycles. The molecule has 1 amide bonds. The average molecular weight is 382 g/mol. The smallest absolute Gasteiger partial charge is 0.270 e. The lowest BCUT2D eigenvalue weighted by atomic mass is 10.2. The summed E-state index contributed by atoms with van der Waals surface area (Å²) in [4.78, 5) is 16.5. The summed E-state index contributed by atoms with van der Waals surface area (Å²) in [6, 6.07) is 16.8. The molecule has 0 radical (unpaired) electrons. The monoisotopic (exact) mass is 381 g/mol. The maximum Gasteiger partial charge on any atom is 0.270 e. The number of hydrogen-bond donors (Lipinski definition) is 2. The first-order valence-corrected chi connectivity index (χ1v) is 8.84. The predicted molar refractivity (Wildman–Crippen MR) is 108 cm³/mol. The van der Waals surface area contributed by atoms with E-state index in [4.69, 9.17) is 16.3 Å². The summed E-state index contributed by atoms with van der Waals surface area (Å²) in [5.41, 5.74) is 3.90. The van der Waals surface area contributed by atoms with Gasteiger partial charge in [-0.2, -0.15) is 0 Å². The molecule has 1 heterocycles. The van der Waals surface area contributed by atoms with Crippen LogP contribution in [-0.2, 0) is 6.54 Å². The summed E-state index contributed by atoms with van der Waals surface area (Å²) >= 11 is 6.14. The van der Waals surface area contributed by atoms with Crippen molar-refractivity contribution in [1.82, 2.24) is 10.3 Å². The quantitative estimate of drug-likeness (QED) is 0.648. The van der Waals surface area contributed by atoms with Crippen molar-refractivity contribution in [2.75, 3.05) is 12.4 Å². The highest BCUT2D eigenvalue weighted by molar-refractivity contribution is 6.31. The van der Waals surface area contributed by atoms with E-state index in [-0.39, 0.29) is 5.91 Å². The molecule has 138 valence electrons. The Kier molecular flexibility index (Phi) is 5.94. The Balaban J connectivity index is 1.62. The van der Waals surface area contributed by atoms with Crippen LogP contribution in [0.3, 0.4) is 0 Å². The van der Waals surface area contributed by atoms with E-state index >= 15 is 0 Å². The summed E-state index contributed by atoms with van der Waals surface area (Å²) in [6.45, 7) is 2.32. The lowest BCUT2D eigenvalue weighted by Gasteiger charge is -2.10. The molecule has 2 N–H and O–H groups in total. The van der Waals surface area contributed by atoms with Gasteiger partial charge in [0.2, 0.25) is 0 Å². The lowest BCUT2D eigenvalue weighted by Crippen LogP contribution is -2.24. The van der Waals surface area contributed by atoms with Gasteiger partial charge >= 0.3 is 0 Å². The Morgan fingerprint density at radius 2 is 1.89 bits per heavy atom. The van der Waals surface area contributed by atoms with Gasteiger partial charge in [0.05, 0.1) is 19.0 Å². The van der Waals surface area contributed by atoms with Crippen molar-refractivity contribution in [2.45, 2.75) is 13.5 Å². The fraction of sp³-hybridized carbons (Fsp3) is 0.143. The molecule has 3 rings (SSSR count). The number of aromatic nitrogens is 1. The number of methoxy groups -OCH3 is 1. The molecular formula is C21H20ClN3O2. The van der Waals surface area contributed by atoms with Crippen molar-refractivity contribution in [1.29, 1.82) is 0 Å². The summed E-state index contributed by atoms with van der Waals surface area (Å²) in [5, 5.41) is 6.76. The number of para-hydroxylation sites is 1. The molecule has 0 fully saturated rings. The van der Waals surface area contributed by atoms with Crippen molar-refractivity contribution in [2.24, 2.45) is 0 Å². The van der Waals surface area contributed by atoms with Gasteiger partial charge in [-0.15, -0.1) is 0 Å². The van der Waals surface area contributed by atoms with Crippen LogP contribution in [0.25, 0.3) is 0 Å². The second kappa shape index (κ2) is 8.56. The molecule has 0 aliphatic rings. The second-order valence-corrected chi connectivity index (χ2v) is 6.42. The van der Waals surface area contributed by atoms with Crippen LogP contribution in [0.1, 0.15) is 21.6 Å². The Bertz CT molecular complexity index is 942. The molecule has 2 aromatic carbocycles. The maximum atomic E-state index is 12.3. The topological polar surface area (TPSA) is 63.2 Å². The Hall–Kier alpha value is -3.05. The highest BCUT2D eigenvalue weighted by Gasteiger charge is 2.09. The summed E-state index contributed by atoms with van der Waals surface area (Å²) in [5.74, 6) is 0.493. The third-order valence-electron chi connectivity index (χ3n) is 4.09. The zero-order chi connectivity index (χ0) is 19.2. The van der Waals surface area contributed by atoms with Gasteiger partial charge < -0.3 is 15.4 Å². The number of hydrogen-bond acceptors (Lipinski definition) is 4. The molecule has 5 nitrogen and oxygen atoms in total. The number of halogens is 1. The zero-order valence-corrected chi connectivity index (χ0v) is 15.9. The van der Waals surface area contributed by atoms with Gasteiger partial charge in [0.15, 0.2) is 0 Å². The molecule has 0 unspecified atom stereocenters. The van der Waals surface area contributed by atoms with E-state index in [0.29, 0.717) is 17.3 Å². The number of pyridine rings is 1. The first kappa shape index (κ1) is 18.7.